The highest BCUT2D eigenvalue weighted by Crippen LogP contribution is 2.26. The van der Waals surface area contributed by atoms with Gasteiger partial charge in [-0.2, -0.15) is 8.78 Å². The maximum Gasteiger partial charge on any atom is 0.387 e. The summed E-state index contributed by atoms with van der Waals surface area (Å²) in [4.78, 5) is 15.8. The van der Waals surface area contributed by atoms with E-state index in [0.717, 1.165) is 0 Å². The Morgan fingerprint density at radius 1 is 1.08 bits per heavy atom. The standard InChI is InChI=1S/C17H10F3NO3/c18-12-7-3-2-6-11(12)15-21-13(16(22)24-15)9-10-5-1-4-8-14(10)23-17(19)20/h1-9,17H/b13-9+. The van der Waals surface area contributed by atoms with Gasteiger partial charge in [0.05, 0.1) is 5.56 Å². The summed E-state index contributed by atoms with van der Waals surface area (Å²) in [5.74, 6) is -1.69. The largest absolute Gasteiger partial charge is 0.434 e. The molecule has 0 aliphatic carbocycles. The van der Waals surface area contributed by atoms with Gasteiger partial charge in [-0.1, -0.05) is 30.3 Å². The van der Waals surface area contributed by atoms with Crippen LogP contribution in [-0.4, -0.2) is 18.5 Å². The maximum absolute atomic E-state index is 13.7. The minimum atomic E-state index is -3.00. The highest BCUT2D eigenvalue weighted by molar-refractivity contribution is 6.13. The Bertz CT molecular complexity index is 846. The van der Waals surface area contributed by atoms with Gasteiger partial charge in [0, 0.05) is 5.56 Å². The first-order chi connectivity index (χ1) is 11.5. The van der Waals surface area contributed by atoms with E-state index in [2.05, 4.69) is 9.73 Å². The number of cyclic esters (lactones) is 1. The van der Waals surface area contributed by atoms with Crippen molar-refractivity contribution < 1.29 is 27.4 Å². The molecule has 0 bridgehead atoms. The van der Waals surface area contributed by atoms with E-state index in [4.69, 9.17) is 4.74 Å². The Morgan fingerprint density at radius 3 is 2.54 bits per heavy atom. The highest BCUT2D eigenvalue weighted by atomic mass is 19.3. The van der Waals surface area contributed by atoms with Gasteiger partial charge in [0.25, 0.3) is 0 Å². The van der Waals surface area contributed by atoms with E-state index in [1.807, 2.05) is 0 Å². The van der Waals surface area contributed by atoms with Crippen LogP contribution in [0.3, 0.4) is 0 Å². The molecule has 1 aliphatic heterocycles. The molecule has 24 heavy (non-hydrogen) atoms. The summed E-state index contributed by atoms with van der Waals surface area (Å²) in [5, 5.41) is 0. The van der Waals surface area contributed by atoms with Crippen molar-refractivity contribution >= 4 is 17.9 Å². The van der Waals surface area contributed by atoms with Gasteiger partial charge in [0.2, 0.25) is 5.90 Å². The number of carbonyl (C=O) groups excluding carboxylic acids is 1. The molecule has 4 nitrogen and oxygen atoms in total. The molecule has 1 aliphatic rings. The summed E-state index contributed by atoms with van der Waals surface area (Å²) in [6, 6.07) is 11.6. The average Bonchev–Trinajstić information content (AvgIpc) is 2.90. The molecule has 0 unspecified atom stereocenters. The Kier molecular flexibility index (Phi) is 4.33. The van der Waals surface area contributed by atoms with Gasteiger partial charge in [-0.05, 0) is 24.3 Å². The average molecular weight is 333 g/mol. The molecule has 0 atom stereocenters. The number of nitrogens with zero attached hydrogens (tertiary/aromatic N) is 1. The Labute approximate surface area is 134 Å². The van der Waals surface area contributed by atoms with Gasteiger partial charge in [-0.15, -0.1) is 0 Å². The van der Waals surface area contributed by atoms with Crippen LogP contribution in [-0.2, 0) is 9.53 Å². The zero-order valence-electron chi connectivity index (χ0n) is 12.1. The van der Waals surface area contributed by atoms with Gasteiger partial charge in [0.1, 0.15) is 11.6 Å². The highest BCUT2D eigenvalue weighted by Gasteiger charge is 2.26. The number of halogens is 3. The van der Waals surface area contributed by atoms with E-state index in [1.165, 1.54) is 42.5 Å². The lowest BCUT2D eigenvalue weighted by molar-refractivity contribution is -0.129. The Balaban J connectivity index is 1.97. The van der Waals surface area contributed by atoms with Crippen LogP contribution in [0.25, 0.3) is 6.08 Å². The third-order valence-electron chi connectivity index (χ3n) is 3.15. The Hall–Kier alpha value is -3.09. The summed E-state index contributed by atoms with van der Waals surface area (Å²) in [7, 11) is 0. The number of hydrogen-bond acceptors (Lipinski definition) is 4. The fraction of sp³-hybridized carbons (Fsp3) is 0.0588. The van der Waals surface area contributed by atoms with Crippen molar-refractivity contribution in [2.45, 2.75) is 6.61 Å². The molecule has 0 amide bonds. The summed E-state index contributed by atoms with van der Waals surface area (Å²) >= 11 is 0. The molecule has 122 valence electrons. The van der Waals surface area contributed by atoms with E-state index in [9.17, 15) is 18.0 Å². The van der Waals surface area contributed by atoms with Gasteiger partial charge in [0.15, 0.2) is 5.70 Å². The molecule has 0 saturated carbocycles. The van der Waals surface area contributed by atoms with Crippen molar-refractivity contribution in [1.29, 1.82) is 0 Å². The first kappa shape index (κ1) is 15.8. The minimum absolute atomic E-state index is 0.0337. The number of para-hydroxylation sites is 1. The zero-order valence-corrected chi connectivity index (χ0v) is 12.1. The first-order valence-electron chi connectivity index (χ1n) is 6.86. The second kappa shape index (κ2) is 6.57. The van der Waals surface area contributed by atoms with Crippen LogP contribution >= 0.6 is 0 Å². The third kappa shape index (κ3) is 3.29. The number of rotatable bonds is 4. The smallest absolute Gasteiger partial charge is 0.387 e. The molecule has 0 fully saturated rings. The van der Waals surface area contributed by atoms with Gasteiger partial charge < -0.3 is 9.47 Å². The summed E-state index contributed by atoms with van der Waals surface area (Å²) in [6.07, 6.45) is 1.24. The monoisotopic (exact) mass is 333 g/mol. The van der Waals surface area contributed by atoms with E-state index < -0.39 is 18.4 Å². The molecular weight excluding hydrogens is 323 g/mol. The molecule has 0 radical (unpaired) electrons. The van der Waals surface area contributed by atoms with E-state index in [1.54, 1.807) is 12.1 Å². The van der Waals surface area contributed by atoms with Gasteiger partial charge >= 0.3 is 12.6 Å². The van der Waals surface area contributed by atoms with E-state index in [0.29, 0.717) is 0 Å². The molecule has 1 heterocycles. The normalized spacial score (nSPS) is 15.6. The summed E-state index contributed by atoms with van der Waals surface area (Å²) in [5.41, 5.74) is 0.119. The zero-order chi connectivity index (χ0) is 17.1. The van der Waals surface area contributed by atoms with Crippen LogP contribution in [0.15, 0.2) is 59.2 Å². The van der Waals surface area contributed by atoms with Crippen molar-refractivity contribution in [3.8, 4) is 5.75 Å². The molecule has 0 aromatic heterocycles. The van der Waals surface area contributed by atoms with Crippen molar-refractivity contribution in [2.24, 2.45) is 4.99 Å². The first-order valence-corrected chi connectivity index (χ1v) is 6.86. The number of ether oxygens (including phenoxy) is 2. The van der Waals surface area contributed by atoms with Crippen LogP contribution in [0.5, 0.6) is 5.75 Å². The molecule has 0 saturated heterocycles. The van der Waals surface area contributed by atoms with Crippen LogP contribution in [0.2, 0.25) is 0 Å². The predicted octanol–water partition coefficient (Wildman–Crippen LogP) is 3.77. The number of carbonyl (C=O) groups is 1. The second-order valence-electron chi connectivity index (χ2n) is 4.73. The fourth-order valence-corrected chi connectivity index (χ4v) is 2.11. The summed E-state index contributed by atoms with van der Waals surface area (Å²) in [6.45, 7) is -3.00. The van der Waals surface area contributed by atoms with Crippen molar-refractivity contribution in [3.63, 3.8) is 0 Å². The topological polar surface area (TPSA) is 47.9 Å². The van der Waals surface area contributed by atoms with Crippen LogP contribution in [0.1, 0.15) is 11.1 Å². The van der Waals surface area contributed by atoms with E-state index >= 15 is 0 Å². The number of hydrogen-bond donors (Lipinski definition) is 0. The van der Waals surface area contributed by atoms with Gasteiger partial charge in [-0.25, -0.2) is 14.2 Å². The predicted molar refractivity (Wildman–Crippen MR) is 80.1 cm³/mol. The van der Waals surface area contributed by atoms with Crippen molar-refractivity contribution in [1.82, 2.24) is 0 Å². The van der Waals surface area contributed by atoms with Crippen LogP contribution in [0.4, 0.5) is 13.2 Å². The van der Waals surface area contributed by atoms with Crippen molar-refractivity contribution in [3.05, 3.63) is 71.2 Å². The fourth-order valence-electron chi connectivity index (χ4n) is 2.11. The molecule has 2 aromatic rings. The lowest BCUT2D eigenvalue weighted by Gasteiger charge is -2.07. The molecule has 0 spiro atoms. The Morgan fingerprint density at radius 2 is 1.79 bits per heavy atom. The summed E-state index contributed by atoms with van der Waals surface area (Å²) < 4.78 is 47.9. The van der Waals surface area contributed by atoms with Crippen LogP contribution < -0.4 is 4.74 Å². The molecule has 7 heteroatoms. The van der Waals surface area contributed by atoms with E-state index in [-0.39, 0.29) is 28.5 Å². The SMILES string of the molecule is O=C1OC(c2ccccc2F)=N/C1=C/c1ccccc1OC(F)F. The molecule has 3 rings (SSSR count). The number of esters is 1. The third-order valence-corrected chi connectivity index (χ3v) is 3.15. The molecule has 2 aromatic carbocycles. The second-order valence-corrected chi connectivity index (χ2v) is 4.73. The maximum atomic E-state index is 13.7. The lowest BCUT2D eigenvalue weighted by Crippen LogP contribution is -2.07. The molecule has 0 N–H and O–H groups in total. The lowest BCUT2D eigenvalue weighted by atomic mass is 10.1. The van der Waals surface area contributed by atoms with Crippen molar-refractivity contribution in [2.75, 3.05) is 0 Å². The quantitative estimate of drug-likeness (QED) is 0.632. The number of aliphatic imine (C=N–C) groups is 1. The number of alkyl halides is 2. The van der Waals surface area contributed by atoms with Gasteiger partial charge in [-0.3, -0.25) is 0 Å². The number of benzene rings is 2. The minimum Gasteiger partial charge on any atom is -0.434 e. The van der Waals surface area contributed by atoms with Crippen LogP contribution in [0, 0.1) is 5.82 Å². The molecular formula is C17H10F3NO3.